The predicted molar refractivity (Wildman–Crippen MR) is 186 cm³/mol. The van der Waals surface area contributed by atoms with Crippen molar-refractivity contribution < 1.29 is 22.7 Å². The number of hydrogen-bond acceptors (Lipinski definition) is 8. The van der Waals surface area contributed by atoms with E-state index in [-0.39, 0.29) is 39.7 Å². The molecule has 0 bridgehead atoms. The number of benzene rings is 2. The van der Waals surface area contributed by atoms with Crippen LogP contribution in [0.2, 0.25) is 5.02 Å². The molecule has 9 nitrogen and oxygen atoms in total. The van der Waals surface area contributed by atoms with Gasteiger partial charge >= 0.3 is 6.01 Å². The fourth-order valence-electron chi connectivity index (χ4n) is 8.07. The maximum Gasteiger partial charge on any atom is 0.319 e. The number of carbonyl (C=O) groups excluding carboxylic acids is 1. The second-order valence-corrected chi connectivity index (χ2v) is 14.3. The van der Waals surface area contributed by atoms with Crippen molar-refractivity contribution in [1.29, 1.82) is 0 Å². The summed E-state index contributed by atoms with van der Waals surface area (Å²) in [6.45, 7) is 4.42. The molecule has 0 N–H and O–H groups in total. The smallest absolute Gasteiger partial charge is 0.319 e. The second-order valence-electron chi connectivity index (χ2n) is 13.9. The molecule has 4 fully saturated rings. The molecule has 50 heavy (non-hydrogen) atoms. The minimum absolute atomic E-state index is 0.0123. The molecule has 4 aliphatic rings. The summed E-state index contributed by atoms with van der Waals surface area (Å²) in [4.78, 5) is 34.9. The van der Waals surface area contributed by atoms with Gasteiger partial charge in [-0.25, -0.2) is 13.2 Å². The average Bonchev–Trinajstić information content (AvgIpc) is 3.85. The average molecular weight is 704 g/mol. The Morgan fingerprint density at radius 1 is 1.10 bits per heavy atom. The molecule has 1 amide bonds. The number of likely N-dealkylation sites (N-methyl/N-ethyl adjacent to an activating group) is 1. The largest absolute Gasteiger partial charge is 0.461 e. The Hall–Kier alpha value is -4.18. The first-order valence-corrected chi connectivity index (χ1v) is 17.6. The molecule has 2 aromatic heterocycles. The van der Waals surface area contributed by atoms with Crippen LogP contribution in [0.3, 0.4) is 0 Å². The summed E-state index contributed by atoms with van der Waals surface area (Å²) in [5.41, 5.74) is 0.282. The van der Waals surface area contributed by atoms with E-state index in [4.69, 9.17) is 21.3 Å². The van der Waals surface area contributed by atoms with Crippen LogP contribution < -0.4 is 9.64 Å². The number of rotatable bonds is 7. The van der Waals surface area contributed by atoms with E-state index in [1.807, 2.05) is 16.8 Å². The van der Waals surface area contributed by atoms with Gasteiger partial charge in [-0.05, 0) is 62.6 Å². The van der Waals surface area contributed by atoms with Crippen LogP contribution in [0.1, 0.15) is 32.1 Å². The van der Waals surface area contributed by atoms with Crippen molar-refractivity contribution >= 4 is 45.0 Å². The maximum atomic E-state index is 16.8. The molecule has 6 heterocycles. The molecule has 1 atom stereocenters. The highest BCUT2D eigenvalue weighted by molar-refractivity contribution is 6.36. The summed E-state index contributed by atoms with van der Waals surface area (Å²) < 4.78 is 50.9. The number of anilines is 1. The highest BCUT2D eigenvalue weighted by Crippen LogP contribution is 2.41. The molecule has 13 heteroatoms. The van der Waals surface area contributed by atoms with Gasteiger partial charge in [-0.15, -0.1) is 0 Å². The van der Waals surface area contributed by atoms with Crippen LogP contribution in [0.15, 0.2) is 36.5 Å². The third kappa shape index (κ3) is 5.89. The summed E-state index contributed by atoms with van der Waals surface area (Å²) in [5, 5.41) is 1.28. The van der Waals surface area contributed by atoms with Gasteiger partial charge in [0.1, 0.15) is 35.6 Å². The summed E-state index contributed by atoms with van der Waals surface area (Å²) in [6.07, 6.45) is 5.62. The molecule has 4 aliphatic heterocycles. The molecule has 0 saturated carbocycles. The second kappa shape index (κ2) is 13.2. The molecule has 4 saturated heterocycles. The van der Waals surface area contributed by atoms with Crippen molar-refractivity contribution in [3.8, 4) is 29.1 Å². The van der Waals surface area contributed by atoms with E-state index in [0.717, 1.165) is 38.8 Å². The monoisotopic (exact) mass is 703 g/mol. The van der Waals surface area contributed by atoms with Crippen LogP contribution in [-0.2, 0) is 4.79 Å². The van der Waals surface area contributed by atoms with Gasteiger partial charge in [0.05, 0.1) is 22.5 Å². The van der Waals surface area contributed by atoms with Crippen molar-refractivity contribution in [2.45, 2.75) is 49.9 Å². The third-order valence-corrected chi connectivity index (χ3v) is 11.2. The first kappa shape index (κ1) is 33.0. The zero-order valence-electron chi connectivity index (χ0n) is 27.8. The number of hydrogen-bond donors (Lipinski definition) is 0. The Bertz CT molecular complexity index is 2040. The van der Waals surface area contributed by atoms with E-state index >= 15 is 4.39 Å². The summed E-state index contributed by atoms with van der Waals surface area (Å²) in [7, 11) is 1.86. The van der Waals surface area contributed by atoms with E-state index in [1.54, 1.807) is 29.2 Å². The van der Waals surface area contributed by atoms with E-state index in [9.17, 15) is 13.6 Å². The molecule has 0 spiro atoms. The first-order valence-electron chi connectivity index (χ1n) is 17.2. The summed E-state index contributed by atoms with van der Waals surface area (Å²) in [6, 6.07) is 8.00. The van der Waals surface area contributed by atoms with Gasteiger partial charge in [0, 0.05) is 56.4 Å². The van der Waals surface area contributed by atoms with Crippen molar-refractivity contribution in [2.75, 3.05) is 64.4 Å². The Kier molecular flexibility index (Phi) is 8.69. The van der Waals surface area contributed by atoms with E-state index < -0.39 is 17.8 Å². The van der Waals surface area contributed by atoms with Crippen LogP contribution >= 0.6 is 11.6 Å². The van der Waals surface area contributed by atoms with Crippen molar-refractivity contribution in [3.05, 3.63) is 53.2 Å². The van der Waals surface area contributed by atoms with Crippen LogP contribution in [0, 0.1) is 23.5 Å². The van der Waals surface area contributed by atoms with Crippen LogP contribution in [-0.4, -0.2) is 113 Å². The minimum atomic E-state index is -0.817. The molecular formula is C37H37ClF3N7O2. The number of halogens is 4. The zero-order valence-corrected chi connectivity index (χ0v) is 28.5. The predicted octanol–water partition coefficient (Wildman–Crippen LogP) is 5.48. The van der Waals surface area contributed by atoms with Gasteiger partial charge in [0.2, 0.25) is 0 Å². The van der Waals surface area contributed by atoms with E-state index in [1.165, 1.54) is 12.3 Å². The molecule has 260 valence electrons. The van der Waals surface area contributed by atoms with Crippen molar-refractivity contribution in [2.24, 2.45) is 0 Å². The van der Waals surface area contributed by atoms with Gasteiger partial charge in [0.15, 0.2) is 5.82 Å². The normalized spacial score (nSPS) is 20.6. The topological polar surface area (TPSA) is 77.9 Å². The minimum Gasteiger partial charge on any atom is -0.461 e. The fourth-order valence-corrected chi connectivity index (χ4v) is 8.34. The number of amides is 1. The Labute approximate surface area is 293 Å². The van der Waals surface area contributed by atoms with Crippen LogP contribution in [0.4, 0.5) is 19.0 Å². The highest BCUT2D eigenvalue weighted by atomic mass is 35.5. The number of alkyl halides is 1. The molecule has 4 aromatic rings. The molecule has 8 rings (SSSR count). The third-order valence-electron chi connectivity index (χ3n) is 10.9. The number of carbonyl (C=O) groups is 1. The molecule has 0 aliphatic carbocycles. The van der Waals surface area contributed by atoms with E-state index in [2.05, 4.69) is 26.7 Å². The Balaban J connectivity index is 1.13. The van der Waals surface area contributed by atoms with Crippen molar-refractivity contribution in [3.63, 3.8) is 0 Å². The van der Waals surface area contributed by atoms with E-state index in [0.29, 0.717) is 73.3 Å². The standard InChI is InChI=1S/C37H37ClF3N7O2/c1-45(25-11-17-47(21-25)29(49)8-3-14-46-19-24(39)20-46)35-27-18-42-33(26-7-2-6-23-9-10-28(40)31(38)30(23)26)32(41)34(27)43-36(44-35)50-22-37-12-4-15-48(37)16-5-13-37/h2,6-7,9-10,18,24-25H,4-5,11-17,19-22H2,1H3. The Morgan fingerprint density at radius 3 is 2.68 bits per heavy atom. The molecule has 0 radical (unpaired) electrons. The lowest BCUT2D eigenvalue weighted by Crippen LogP contribution is -2.48. The Morgan fingerprint density at radius 2 is 1.90 bits per heavy atom. The van der Waals surface area contributed by atoms with Crippen molar-refractivity contribution in [1.82, 2.24) is 29.7 Å². The number of likely N-dealkylation sites (tertiary alicyclic amines) is 2. The molecular weight excluding hydrogens is 667 g/mol. The number of fused-ring (bicyclic) bond motifs is 3. The lowest BCUT2D eigenvalue weighted by atomic mass is 9.95. The SMILES string of the molecule is CN(c1nc(OCC23CCCN2CCC3)nc2c(F)c(-c3cccc4ccc(F)c(Cl)c34)ncc12)C1CCN(C(=O)C#CCN2CC(F)C2)C1. The highest BCUT2D eigenvalue weighted by Gasteiger charge is 2.45. The fraction of sp³-hybridized carbons (Fsp3) is 0.459. The number of nitrogens with zero attached hydrogens (tertiary/aromatic N) is 7. The van der Waals surface area contributed by atoms with Crippen LogP contribution in [0.25, 0.3) is 32.9 Å². The first-order chi connectivity index (χ1) is 24.2. The molecule has 2 aromatic carbocycles. The van der Waals surface area contributed by atoms with Crippen LogP contribution in [0.5, 0.6) is 6.01 Å². The van der Waals surface area contributed by atoms with Gasteiger partial charge in [-0.1, -0.05) is 41.8 Å². The van der Waals surface area contributed by atoms with Gasteiger partial charge in [-0.2, -0.15) is 9.97 Å². The van der Waals surface area contributed by atoms with Gasteiger partial charge in [0.25, 0.3) is 5.91 Å². The number of ether oxygens (including phenoxy) is 1. The maximum absolute atomic E-state index is 16.8. The quantitative estimate of drug-likeness (QED) is 0.235. The zero-order chi connectivity index (χ0) is 34.6. The van der Waals surface area contributed by atoms with Gasteiger partial charge < -0.3 is 14.5 Å². The number of pyridine rings is 1. The summed E-state index contributed by atoms with van der Waals surface area (Å²) >= 11 is 6.42. The lowest BCUT2D eigenvalue weighted by molar-refractivity contribution is -0.124. The molecule has 1 unspecified atom stereocenters. The summed E-state index contributed by atoms with van der Waals surface area (Å²) in [5.74, 6) is 4.42. The lowest BCUT2D eigenvalue weighted by Gasteiger charge is -2.32. The van der Waals surface area contributed by atoms with Gasteiger partial charge in [-0.3, -0.25) is 19.6 Å². The number of aromatic nitrogens is 3.